The van der Waals surface area contributed by atoms with Crippen LogP contribution in [0.2, 0.25) is 0 Å². The summed E-state index contributed by atoms with van der Waals surface area (Å²) in [6.45, 7) is 4.05. The maximum Gasteiger partial charge on any atom is 0.251 e. The van der Waals surface area contributed by atoms with Crippen LogP contribution < -0.4 is 10.6 Å². The Kier molecular flexibility index (Phi) is 3.03. The fraction of sp³-hybridized carbons (Fsp3) is 0.400. The number of hydrogen-bond acceptors (Lipinski definition) is 2. The predicted octanol–water partition coefficient (Wildman–Crippen LogP) is 2.04. The van der Waals surface area contributed by atoms with Gasteiger partial charge in [-0.05, 0) is 56.4 Å². The van der Waals surface area contributed by atoms with Crippen LogP contribution in [-0.2, 0) is 0 Å². The zero-order valence-electron chi connectivity index (χ0n) is 11.1. The summed E-state index contributed by atoms with van der Waals surface area (Å²) in [7, 11) is 0. The van der Waals surface area contributed by atoms with E-state index in [9.17, 15) is 4.79 Å². The van der Waals surface area contributed by atoms with E-state index in [-0.39, 0.29) is 11.4 Å². The molecule has 2 heterocycles. The van der Waals surface area contributed by atoms with Gasteiger partial charge >= 0.3 is 0 Å². The van der Waals surface area contributed by atoms with Crippen molar-refractivity contribution in [2.75, 3.05) is 13.1 Å². The van der Waals surface area contributed by atoms with E-state index in [0.29, 0.717) is 0 Å². The molecular formula is C15H19N3O. The normalized spacial score (nSPS) is 18.4. The van der Waals surface area contributed by atoms with E-state index in [1.165, 1.54) is 0 Å². The number of hydrogen-bond donors (Lipinski definition) is 3. The highest BCUT2D eigenvalue weighted by molar-refractivity contribution is 5.98. The average molecular weight is 257 g/mol. The molecule has 1 amide bonds. The van der Waals surface area contributed by atoms with Crippen LogP contribution in [0, 0.1) is 0 Å². The number of carbonyl (C=O) groups is 1. The van der Waals surface area contributed by atoms with Gasteiger partial charge in [-0.1, -0.05) is 6.07 Å². The molecule has 4 nitrogen and oxygen atoms in total. The standard InChI is InChI=1S/C15H19N3O/c1-15(5-8-16-9-6-15)18-14(19)12-3-2-11-4-7-17-13(11)10-12/h2-4,7,10,16-17H,5-6,8-9H2,1H3,(H,18,19). The lowest BCUT2D eigenvalue weighted by molar-refractivity contribution is 0.0887. The summed E-state index contributed by atoms with van der Waals surface area (Å²) >= 11 is 0. The van der Waals surface area contributed by atoms with Crippen LogP contribution in [0.25, 0.3) is 10.9 Å². The third-order valence-electron chi connectivity index (χ3n) is 3.94. The molecule has 0 atom stereocenters. The van der Waals surface area contributed by atoms with Crippen LogP contribution >= 0.6 is 0 Å². The van der Waals surface area contributed by atoms with Crippen molar-refractivity contribution in [2.24, 2.45) is 0 Å². The molecule has 3 rings (SSSR count). The highest BCUT2D eigenvalue weighted by Crippen LogP contribution is 2.19. The van der Waals surface area contributed by atoms with Gasteiger partial charge in [0.2, 0.25) is 0 Å². The Labute approximate surface area is 112 Å². The number of carbonyl (C=O) groups excluding carboxylic acids is 1. The Morgan fingerprint density at radius 2 is 2.05 bits per heavy atom. The van der Waals surface area contributed by atoms with Gasteiger partial charge in [0.05, 0.1) is 0 Å². The summed E-state index contributed by atoms with van der Waals surface area (Å²) < 4.78 is 0. The highest BCUT2D eigenvalue weighted by atomic mass is 16.1. The van der Waals surface area contributed by atoms with Crippen LogP contribution in [0.5, 0.6) is 0 Å². The molecule has 0 radical (unpaired) electrons. The number of aromatic amines is 1. The van der Waals surface area contributed by atoms with Gasteiger partial charge in [-0.15, -0.1) is 0 Å². The van der Waals surface area contributed by atoms with Gasteiger partial charge in [-0.25, -0.2) is 0 Å². The number of H-pyrrole nitrogens is 1. The minimum atomic E-state index is -0.0903. The molecule has 19 heavy (non-hydrogen) atoms. The van der Waals surface area contributed by atoms with Crippen molar-refractivity contribution in [3.63, 3.8) is 0 Å². The summed E-state index contributed by atoms with van der Waals surface area (Å²) in [6.07, 6.45) is 3.84. The van der Waals surface area contributed by atoms with E-state index in [4.69, 9.17) is 0 Å². The highest BCUT2D eigenvalue weighted by Gasteiger charge is 2.28. The third-order valence-corrected chi connectivity index (χ3v) is 3.94. The van der Waals surface area contributed by atoms with Gasteiger partial charge < -0.3 is 15.6 Å². The van der Waals surface area contributed by atoms with Crippen molar-refractivity contribution < 1.29 is 4.79 Å². The molecule has 1 aromatic carbocycles. The number of piperidine rings is 1. The Morgan fingerprint density at radius 3 is 2.84 bits per heavy atom. The zero-order chi connectivity index (χ0) is 13.3. The molecule has 1 saturated heterocycles. The average Bonchev–Trinajstić information content (AvgIpc) is 2.86. The Morgan fingerprint density at radius 1 is 1.26 bits per heavy atom. The van der Waals surface area contributed by atoms with Crippen LogP contribution in [0.15, 0.2) is 30.5 Å². The molecule has 1 aliphatic heterocycles. The largest absolute Gasteiger partial charge is 0.361 e. The first-order valence-corrected chi connectivity index (χ1v) is 6.77. The molecule has 0 spiro atoms. The Balaban J connectivity index is 1.79. The molecule has 1 aromatic heterocycles. The Bertz CT molecular complexity index is 596. The second-order valence-corrected chi connectivity index (χ2v) is 5.54. The van der Waals surface area contributed by atoms with Crippen molar-refractivity contribution >= 4 is 16.8 Å². The lowest BCUT2D eigenvalue weighted by atomic mass is 9.90. The van der Waals surface area contributed by atoms with E-state index in [2.05, 4.69) is 22.5 Å². The lowest BCUT2D eigenvalue weighted by Crippen LogP contribution is -2.52. The first kappa shape index (κ1) is 12.2. The van der Waals surface area contributed by atoms with Gasteiger partial charge in [0.15, 0.2) is 0 Å². The number of fused-ring (bicyclic) bond motifs is 1. The van der Waals surface area contributed by atoms with E-state index in [0.717, 1.165) is 42.4 Å². The molecular weight excluding hydrogens is 238 g/mol. The maximum atomic E-state index is 12.3. The molecule has 1 aliphatic rings. The lowest BCUT2D eigenvalue weighted by Gasteiger charge is -2.35. The van der Waals surface area contributed by atoms with Crippen molar-refractivity contribution in [3.8, 4) is 0 Å². The zero-order valence-corrected chi connectivity index (χ0v) is 11.1. The smallest absolute Gasteiger partial charge is 0.251 e. The summed E-state index contributed by atoms with van der Waals surface area (Å²) in [5, 5.41) is 7.62. The number of nitrogens with one attached hydrogen (secondary N) is 3. The van der Waals surface area contributed by atoms with E-state index < -0.39 is 0 Å². The summed E-state index contributed by atoms with van der Waals surface area (Å²) in [5.41, 5.74) is 1.63. The number of amides is 1. The second kappa shape index (κ2) is 4.70. The van der Waals surface area contributed by atoms with E-state index in [1.54, 1.807) is 0 Å². The first-order valence-electron chi connectivity index (χ1n) is 6.77. The van der Waals surface area contributed by atoms with E-state index >= 15 is 0 Å². The molecule has 0 bridgehead atoms. The molecule has 2 aromatic rings. The third kappa shape index (κ3) is 2.49. The van der Waals surface area contributed by atoms with Gasteiger partial charge in [0.1, 0.15) is 0 Å². The minimum Gasteiger partial charge on any atom is -0.361 e. The van der Waals surface area contributed by atoms with Crippen LogP contribution in [-0.4, -0.2) is 29.5 Å². The van der Waals surface area contributed by atoms with Crippen LogP contribution in [0.1, 0.15) is 30.1 Å². The van der Waals surface area contributed by atoms with Gasteiger partial charge in [0, 0.05) is 22.8 Å². The molecule has 100 valence electrons. The molecule has 3 N–H and O–H groups in total. The van der Waals surface area contributed by atoms with Crippen molar-refractivity contribution in [1.82, 2.24) is 15.6 Å². The quantitative estimate of drug-likeness (QED) is 0.771. The fourth-order valence-electron chi connectivity index (χ4n) is 2.64. The predicted molar refractivity (Wildman–Crippen MR) is 76.3 cm³/mol. The topological polar surface area (TPSA) is 56.9 Å². The number of aromatic nitrogens is 1. The molecule has 0 saturated carbocycles. The minimum absolute atomic E-state index is 0.0147. The number of benzene rings is 1. The van der Waals surface area contributed by atoms with Gasteiger partial charge in [-0.3, -0.25) is 4.79 Å². The van der Waals surface area contributed by atoms with Gasteiger partial charge in [0.25, 0.3) is 5.91 Å². The van der Waals surface area contributed by atoms with Crippen molar-refractivity contribution in [1.29, 1.82) is 0 Å². The van der Waals surface area contributed by atoms with Crippen LogP contribution in [0.3, 0.4) is 0 Å². The molecule has 0 unspecified atom stereocenters. The SMILES string of the molecule is CC1(NC(=O)c2ccc3cc[nH]c3c2)CCNCC1. The maximum absolute atomic E-state index is 12.3. The first-order chi connectivity index (χ1) is 9.16. The fourth-order valence-corrected chi connectivity index (χ4v) is 2.64. The summed E-state index contributed by atoms with van der Waals surface area (Å²) in [5.74, 6) is 0.0147. The number of rotatable bonds is 2. The van der Waals surface area contributed by atoms with Crippen LogP contribution in [0.4, 0.5) is 0 Å². The Hall–Kier alpha value is -1.81. The molecule has 1 fully saturated rings. The van der Waals surface area contributed by atoms with Crippen molar-refractivity contribution in [2.45, 2.75) is 25.3 Å². The summed E-state index contributed by atoms with van der Waals surface area (Å²) in [4.78, 5) is 15.5. The monoisotopic (exact) mass is 257 g/mol. The van der Waals surface area contributed by atoms with E-state index in [1.807, 2.05) is 30.5 Å². The summed E-state index contributed by atoms with van der Waals surface area (Å²) in [6, 6.07) is 7.78. The molecule has 4 heteroatoms. The second-order valence-electron chi connectivity index (χ2n) is 5.54. The van der Waals surface area contributed by atoms with Crippen molar-refractivity contribution in [3.05, 3.63) is 36.0 Å². The van der Waals surface area contributed by atoms with Gasteiger partial charge in [-0.2, -0.15) is 0 Å². The molecule has 0 aliphatic carbocycles.